The average molecular weight is 401 g/mol. The molecule has 3 aromatic rings. The lowest BCUT2D eigenvalue weighted by atomic mass is 10.2. The molecule has 0 aliphatic carbocycles. The topological polar surface area (TPSA) is 64.0 Å². The number of thiophene rings is 1. The summed E-state index contributed by atoms with van der Waals surface area (Å²) >= 11 is 1.08. The first kappa shape index (κ1) is 18.5. The summed E-state index contributed by atoms with van der Waals surface area (Å²) in [5.41, 5.74) is -1.25. The number of sulfonamides is 1. The third-order valence-electron chi connectivity index (χ3n) is 3.57. The van der Waals surface area contributed by atoms with Crippen LogP contribution in [-0.4, -0.2) is 18.2 Å². The average Bonchev–Trinajstić information content (AvgIpc) is 3.21. The van der Waals surface area contributed by atoms with Crippen LogP contribution in [-0.2, 0) is 22.7 Å². The molecule has 0 fully saturated rings. The van der Waals surface area contributed by atoms with Crippen molar-refractivity contribution in [2.45, 2.75) is 24.5 Å². The summed E-state index contributed by atoms with van der Waals surface area (Å²) in [6.07, 6.45) is -4.68. The normalized spacial score (nSPS) is 12.3. The molecule has 0 spiro atoms. The Balaban J connectivity index is 2.18. The van der Waals surface area contributed by atoms with Gasteiger partial charge in [-0.2, -0.15) is 18.3 Å². The van der Waals surface area contributed by atoms with Gasteiger partial charge >= 0.3 is 6.18 Å². The predicted molar refractivity (Wildman–Crippen MR) is 93.5 cm³/mol. The molecule has 138 valence electrons. The van der Waals surface area contributed by atoms with Crippen LogP contribution in [0, 0.1) is 0 Å². The lowest BCUT2D eigenvalue weighted by Crippen LogP contribution is -2.14. The molecule has 0 bridgehead atoms. The predicted octanol–water partition coefficient (Wildman–Crippen LogP) is 4.45. The van der Waals surface area contributed by atoms with E-state index >= 15 is 0 Å². The first-order valence-corrected chi connectivity index (χ1v) is 9.90. The zero-order valence-corrected chi connectivity index (χ0v) is 15.1. The van der Waals surface area contributed by atoms with Gasteiger partial charge in [0, 0.05) is 11.4 Å². The molecule has 3 rings (SSSR count). The number of anilines is 1. The van der Waals surface area contributed by atoms with E-state index in [-0.39, 0.29) is 27.7 Å². The van der Waals surface area contributed by atoms with Gasteiger partial charge in [0.25, 0.3) is 10.0 Å². The van der Waals surface area contributed by atoms with Crippen molar-refractivity contribution in [3.05, 3.63) is 53.5 Å². The minimum absolute atomic E-state index is 0.0553. The number of aryl methyl sites for hydroxylation is 1. The Morgan fingerprint density at radius 3 is 2.38 bits per heavy atom. The number of hydrogen-bond donors (Lipinski definition) is 1. The first-order valence-electron chi connectivity index (χ1n) is 7.53. The molecular weight excluding hydrogens is 387 g/mol. The highest BCUT2D eigenvalue weighted by atomic mass is 32.2. The fraction of sp³-hybridized carbons (Fsp3) is 0.188. The van der Waals surface area contributed by atoms with Crippen LogP contribution in [0.4, 0.5) is 19.0 Å². The fourth-order valence-electron chi connectivity index (χ4n) is 2.49. The van der Waals surface area contributed by atoms with E-state index in [2.05, 4.69) is 9.82 Å². The molecule has 5 nitrogen and oxygen atoms in total. The van der Waals surface area contributed by atoms with Gasteiger partial charge in [-0.25, -0.2) is 8.42 Å². The Kier molecular flexibility index (Phi) is 4.80. The van der Waals surface area contributed by atoms with Gasteiger partial charge in [-0.1, -0.05) is 24.3 Å². The van der Waals surface area contributed by atoms with Crippen LogP contribution >= 0.6 is 11.3 Å². The maximum absolute atomic E-state index is 13.6. The van der Waals surface area contributed by atoms with Crippen LogP contribution in [0.25, 0.3) is 10.4 Å². The largest absolute Gasteiger partial charge is 0.433 e. The third-order valence-corrected chi connectivity index (χ3v) is 5.81. The van der Waals surface area contributed by atoms with Gasteiger partial charge in [0.05, 0.1) is 10.5 Å². The van der Waals surface area contributed by atoms with Crippen molar-refractivity contribution in [2.75, 3.05) is 4.72 Å². The van der Waals surface area contributed by atoms with E-state index in [4.69, 9.17) is 0 Å². The summed E-state index contributed by atoms with van der Waals surface area (Å²) in [6, 6.07) is 10.5. The molecular formula is C16H14F3N3O2S2. The minimum Gasteiger partial charge on any atom is -0.261 e. The van der Waals surface area contributed by atoms with Crippen LogP contribution in [0.2, 0.25) is 0 Å². The maximum Gasteiger partial charge on any atom is 0.433 e. The van der Waals surface area contributed by atoms with Gasteiger partial charge in [-0.3, -0.25) is 9.40 Å². The molecule has 1 N–H and O–H groups in total. The number of nitrogens with one attached hydrogen (secondary N) is 1. The fourth-order valence-corrected chi connectivity index (χ4v) is 4.29. The van der Waals surface area contributed by atoms with E-state index in [1.807, 2.05) is 0 Å². The molecule has 0 aliphatic rings. The summed E-state index contributed by atoms with van der Waals surface area (Å²) in [4.78, 5) is 0.222. The highest BCUT2D eigenvalue weighted by Gasteiger charge is 2.41. The van der Waals surface area contributed by atoms with Crippen molar-refractivity contribution in [2.24, 2.45) is 0 Å². The second-order valence-electron chi connectivity index (χ2n) is 5.28. The Morgan fingerprint density at radius 1 is 1.15 bits per heavy atom. The second-order valence-corrected chi connectivity index (χ2v) is 7.91. The SMILES string of the molecule is CCn1nc(NS(=O)(=O)c2ccccc2)c(-c2cccs2)c1C(F)(F)F. The number of aromatic nitrogens is 2. The number of halogens is 3. The molecule has 0 aliphatic heterocycles. The molecule has 2 aromatic heterocycles. The molecule has 0 radical (unpaired) electrons. The Labute approximate surface area is 152 Å². The standard InChI is InChI=1S/C16H14F3N3O2S2/c1-2-22-14(16(17,18)19)13(12-9-6-10-25-12)15(20-22)21-26(23,24)11-7-4-3-5-8-11/h3-10H,2H2,1H3,(H,20,21). The van der Waals surface area contributed by atoms with E-state index in [0.717, 1.165) is 16.0 Å². The lowest BCUT2D eigenvalue weighted by molar-refractivity contribution is -0.143. The van der Waals surface area contributed by atoms with Crippen LogP contribution < -0.4 is 4.72 Å². The molecule has 1 aromatic carbocycles. The highest BCUT2D eigenvalue weighted by Crippen LogP contribution is 2.43. The quantitative estimate of drug-likeness (QED) is 0.687. The zero-order valence-electron chi connectivity index (χ0n) is 13.5. The van der Waals surface area contributed by atoms with Crippen molar-refractivity contribution in [1.82, 2.24) is 9.78 Å². The van der Waals surface area contributed by atoms with E-state index in [9.17, 15) is 21.6 Å². The number of nitrogens with zero attached hydrogens (tertiary/aromatic N) is 2. The van der Waals surface area contributed by atoms with Crippen LogP contribution in [0.1, 0.15) is 12.6 Å². The van der Waals surface area contributed by atoms with Crippen molar-refractivity contribution >= 4 is 27.2 Å². The van der Waals surface area contributed by atoms with E-state index in [1.165, 1.54) is 37.3 Å². The van der Waals surface area contributed by atoms with Gasteiger partial charge < -0.3 is 0 Å². The van der Waals surface area contributed by atoms with Crippen molar-refractivity contribution in [1.29, 1.82) is 0 Å². The summed E-state index contributed by atoms with van der Waals surface area (Å²) in [7, 11) is -4.07. The monoisotopic (exact) mass is 401 g/mol. The van der Waals surface area contributed by atoms with Crippen molar-refractivity contribution in [3.63, 3.8) is 0 Å². The smallest absolute Gasteiger partial charge is 0.261 e. The van der Waals surface area contributed by atoms with Gasteiger partial charge in [0.2, 0.25) is 0 Å². The van der Waals surface area contributed by atoms with Gasteiger partial charge in [-0.05, 0) is 30.5 Å². The van der Waals surface area contributed by atoms with Crippen LogP contribution in [0.15, 0.2) is 52.7 Å². The highest BCUT2D eigenvalue weighted by molar-refractivity contribution is 7.92. The molecule has 2 heterocycles. The molecule has 0 atom stereocenters. The molecule has 0 unspecified atom stereocenters. The maximum atomic E-state index is 13.6. The summed E-state index contributed by atoms with van der Waals surface area (Å²) in [6.45, 7) is 1.45. The van der Waals surface area contributed by atoms with Crippen LogP contribution in [0.3, 0.4) is 0 Å². The van der Waals surface area contributed by atoms with E-state index in [1.54, 1.807) is 17.5 Å². The Morgan fingerprint density at radius 2 is 1.85 bits per heavy atom. The number of benzene rings is 1. The number of alkyl halides is 3. The van der Waals surface area contributed by atoms with Crippen molar-refractivity contribution < 1.29 is 21.6 Å². The van der Waals surface area contributed by atoms with Gasteiger partial charge in [-0.15, -0.1) is 11.3 Å². The van der Waals surface area contributed by atoms with E-state index in [0.29, 0.717) is 0 Å². The van der Waals surface area contributed by atoms with E-state index < -0.39 is 21.9 Å². The molecule has 0 saturated carbocycles. The zero-order chi connectivity index (χ0) is 18.9. The van der Waals surface area contributed by atoms with Crippen molar-refractivity contribution in [3.8, 4) is 10.4 Å². The number of hydrogen-bond acceptors (Lipinski definition) is 4. The van der Waals surface area contributed by atoms with Gasteiger partial charge in [0.1, 0.15) is 0 Å². The Bertz CT molecular complexity index is 996. The minimum atomic E-state index is -4.68. The van der Waals surface area contributed by atoms with Crippen LogP contribution in [0.5, 0.6) is 0 Å². The number of rotatable bonds is 5. The van der Waals surface area contributed by atoms with Gasteiger partial charge in [0.15, 0.2) is 11.5 Å². The summed E-state index contributed by atoms with van der Waals surface area (Å²) in [5, 5.41) is 5.49. The molecule has 26 heavy (non-hydrogen) atoms. The third kappa shape index (κ3) is 3.47. The molecule has 10 heteroatoms. The molecule has 0 saturated heterocycles. The summed E-state index contributed by atoms with van der Waals surface area (Å²) in [5.74, 6) is -0.342. The summed E-state index contributed by atoms with van der Waals surface area (Å²) < 4.78 is 68.9. The first-order chi connectivity index (χ1) is 12.2. The second kappa shape index (κ2) is 6.76. The lowest BCUT2D eigenvalue weighted by Gasteiger charge is -2.11. The molecule has 0 amide bonds. The Hall–Kier alpha value is -2.33.